The van der Waals surface area contributed by atoms with Gasteiger partial charge in [-0.25, -0.2) is 4.98 Å². The maximum absolute atomic E-state index is 13.6. The van der Waals surface area contributed by atoms with Crippen molar-refractivity contribution in [2.24, 2.45) is 5.41 Å². The van der Waals surface area contributed by atoms with Crippen molar-refractivity contribution in [1.29, 1.82) is 0 Å². The average molecular weight is 398 g/mol. The van der Waals surface area contributed by atoms with Gasteiger partial charge in [-0.3, -0.25) is 14.7 Å². The molecule has 7 nitrogen and oxygen atoms in total. The first kappa shape index (κ1) is 20.0. The summed E-state index contributed by atoms with van der Waals surface area (Å²) in [5, 5.41) is 0. The largest absolute Gasteiger partial charge is 0.383 e. The van der Waals surface area contributed by atoms with Crippen molar-refractivity contribution in [3.05, 3.63) is 48.3 Å². The minimum Gasteiger partial charge on any atom is -0.383 e. The smallest absolute Gasteiger partial charge is 0.230 e. The molecule has 156 valence electrons. The van der Waals surface area contributed by atoms with Crippen molar-refractivity contribution >= 4 is 5.91 Å². The lowest BCUT2D eigenvalue weighted by molar-refractivity contribution is -0.136. The zero-order valence-corrected chi connectivity index (χ0v) is 17.6. The highest BCUT2D eigenvalue weighted by atomic mass is 16.5. The van der Waals surface area contributed by atoms with Crippen molar-refractivity contribution in [2.45, 2.75) is 38.8 Å². The van der Waals surface area contributed by atoms with Crippen molar-refractivity contribution < 1.29 is 9.53 Å². The molecule has 0 aliphatic carbocycles. The van der Waals surface area contributed by atoms with E-state index in [4.69, 9.17) is 9.72 Å². The highest BCUT2D eigenvalue weighted by Gasteiger charge is 2.57. The fourth-order valence-electron chi connectivity index (χ4n) is 4.81. The molecule has 4 rings (SSSR count). The molecular weight excluding hydrogens is 366 g/mol. The van der Waals surface area contributed by atoms with Crippen LogP contribution in [0.2, 0.25) is 0 Å². The van der Waals surface area contributed by atoms with E-state index in [1.807, 2.05) is 23.6 Å². The second kappa shape index (κ2) is 8.24. The second-order valence-corrected chi connectivity index (χ2v) is 8.61. The van der Waals surface area contributed by atoms with E-state index in [-0.39, 0.29) is 11.8 Å². The maximum atomic E-state index is 13.6. The van der Waals surface area contributed by atoms with Crippen LogP contribution in [-0.2, 0) is 16.1 Å². The van der Waals surface area contributed by atoms with Gasteiger partial charge in [-0.15, -0.1) is 0 Å². The SMILES string of the molecule is COCCN1CC[C@]2(CN(Cc3ccncc3)C[C@H]2c2cn(C(C)C)cn2)C1=O. The number of hydrogen-bond acceptors (Lipinski definition) is 5. The molecule has 2 aliphatic rings. The molecule has 29 heavy (non-hydrogen) atoms. The zero-order valence-electron chi connectivity index (χ0n) is 17.6. The Kier molecular flexibility index (Phi) is 5.69. The summed E-state index contributed by atoms with van der Waals surface area (Å²) in [6.45, 7) is 8.79. The summed E-state index contributed by atoms with van der Waals surface area (Å²) in [5.74, 6) is 0.375. The summed E-state index contributed by atoms with van der Waals surface area (Å²) in [7, 11) is 1.68. The lowest BCUT2D eigenvalue weighted by Gasteiger charge is -2.28. The molecule has 7 heteroatoms. The molecule has 2 aliphatic heterocycles. The highest BCUT2D eigenvalue weighted by molar-refractivity contribution is 5.86. The molecule has 1 amide bonds. The normalized spacial score (nSPS) is 25.0. The number of aromatic nitrogens is 3. The Morgan fingerprint density at radius 1 is 1.31 bits per heavy atom. The topological polar surface area (TPSA) is 63.5 Å². The molecule has 2 aromatic rings. The number of ether oxygens (including phenoxy) is 1. The van der Waals surface area contributed by atoms with E-state index >= 15 is 0 Å². The van der Waals surface area contributed by atoms with Crippen LogP contribution in [0.3, 0.4) is 0 Å². The number of carbonyl (C=O) groups is 1. The summed E-state index contributed by atoms with van der Waals surface area (Å²) in [4.78, 5) is 26.8. The summed E-state index contributed by atoms with van der Waals surface area (Å²) in [6, 6.07) is 4.46. The van der Waals surface area contributed by atoms with Gasteiger partial charge in [0.1, 0.15) is 0 Å². The number of methoxy groups -OCH3 is 1. The predicted octanol–water partition coefficient (Wildman–Crippen LogP) is 2.32. The molecular formula is C22H31N5O2. The molecule has 1 spiro atoms. The van der Waals surface area contributed by atoms with Crippen LogP contribution >= 0.6 is 0 Å². The molecule has 0 radical (unpaired) electrons. The Bertz CT molecular complexity index is 837. The fraction of sp³-hybridized carbons (Fsp3) is 0.591. The molecule has 2 atom stereocenters. The van der Waals surface area contributed by atoms with E-state index in [0.717, 1.165) is 38.3 Å². The lowest BCUT2D eigenvalue weighted by Crippen LogP contribution is -2.40. The number of carbonyl (C=O) groups excluding carboxylic acids is 1. The van der Waals surface area contributed by atoms with Crippen LogP contribution in [-0.4, -0.2) is 70.1 Å². The van der Waals surface area contributed by atoms with Crippen LogP contribution in [0.25, 0.3) is 0 Å². The van der Waals surface area contributed by atoms with Gasteiger partial charge in [0.05, 0.1) is 24.0 Å². The van der Waals surface area contributed by atoms with E-state index < -0.39 is 5.41 Å². The van der Waals surface area contributed by atoms with Crippen molar-refractivity contribution in [2.75, 3.05) is 39.9 Å². The highest BCUT2D eigenvalue weighted by Crippen LogP contribution is 2.49. The van der Waals surface area contributed by atoms with Gasteiger partial charge in [0.15, 0.2) is 0 Å². The fourth-order valence-corrected chi connectivity index (χ4v) is 4.81. The van der Waals surface area contributed by atoms with Gasteiger partial charge < -0.3 is 14.2 Å². The van der Waals surface area contributed by atoms with Gasteiger partial charge >= 0.3 is 0 Å². The maximum Gasteiger partial charge on any atom is 0.230 e. The van der Waals surface area contributed by atoms with Crippen molar-refractivity contribution in [1.82, 2.24) is 24.3 Å². The van der Waals surface area contributed by atoms with E-state index in [0.29, 0.717) is 19.2 Å². The second-order valence-electron chi connectivity index (χ2n) is 8.61. The van der Waals surface area contributed by atoms with Crippen LogP contribution in [0, 0.1) is 5.41 Å². The van der Waals surface area contributed by atoms with Gasteiger partial charge in [0.2, 0.25) is 5.91 Å². The summed E-state index contributed by atoms with van der Waals surface area (Å²) in [6.07, 6.45) is 8.58. The Hall–Kier alpha value is -2.25. The number of pyridine rings is 1. The number of amides is 1. The van der Waals surface area contributed by atoms with Crippen molar-refractivity contribution in [3.63, 3.8) is 0 Å². The first-order valence-corrected chi connectivity index (χ1v) is 10.5. The molecule has 2 saturated heterocycles. The minimum absolute atomic E-state index is 0.115. The molecule has 0 N–H and O–H groups in total. The predicted molar refractivity (Wildman–Crippen MR) is 110 cm³/mol. The van der Waals surface area contributed by atoms with Gasteiger partial charge in [0, 0.05) is 70.4 Å². The van der Waals surface area contributed by atoms with E-state index in [9.17, 15) is 4.79 Å². The van der Waals surface area contributed by atoms with Gasteiger partial charge in [0.25, 0.3) is 0 Å². The molecule has 0 aromatic carbocycles. The summed E-state index contributed by atoms with van der Waals surface area (Å²) in [5.41, 5.74) is 1.87. The zero-order chi connectivity index (χ0) is 20.4. The third kappa shape index (κ3) is 3.81. The van der Waals surface area contributed by atoms with Gasteiger partial charge in [-0.2, -0.15) is 0 Å². The standard InChI is InChI=1S/C22H31N5O2/c1-17(2)27-14-20(24-16-27)19-13-25(12-18-4-7-23-8-5-18)15-22(19)6-9-26(21(22)28)10-11-29-3/h4-5,7-8,14,16-17,19H,6,9-13,15H2,1-3H3/t19-,22+/m0/s1. The summed E-state index contributed by atoms with van der Waals surface area (Å²) < 4.78 is 7.35. The molecule has 2 aromatic heterocycles. The Morgan fingerprint density at radius 3 is 2.79 bits per heavy atom. The first-order valence-electron chi connectivity index (χ1n) is 10.5. The Balaban J connectivity index is 1.61. The van der Waals surface area contributed by atoms with Gasteiger partial charge in [-0.1, -0.05) is 0 Å². The lowest BCUT2D eigenvalue weighted by atomic mass is 9.75. The number of nitrogens with zero attached hydrogens (tertiary/aromatic N) is 5. The Labute approximate surface area is 172 Å². The minimum atomic E-state index is -0.392. The van der Waals surface area contributed by atoms with Crippen LogP contribution in [0.15, 0.2) is 37.1 Å². The Morgan fingerprint density at radius 2 is 2.10 bits per heavy atom. The third-order valence-corrected chi connectivity index (χ3v) is 6.45. The number of likely N-dealkylation sites (tertiary alicyclic amines) is 2. The molecule has 0 unspecified atom stereocenters. The van der Waals surface area contributed by atoms with Crippen LogP contribution in [0.5, 0.6) is 0 Å². The first-order chi connectivity index (χ1) is 14.0. The molecule has 0 bridgehead atoms. The van der Waals surface area contributed by atoms with Crippen LogP contribution in [0.1, 0.15) is 43.5 Å². The van der Waals surface area contributed by atoms with Crippen molar-refractivity contribution in [3.8, 4) is 0 Å². The summed E-state index contributed by atoms with van der Waals surface area (Å²) >= 11 is 0. The number of imidazole rings is 1. The molecule has 2 fully saturated rings. The van der Waals surface area contributed by atoms with E-state index in [1.54, 1.807) is 7.11 Å². The van der Waals surface area contributed by atoms with Gasteiger partial charge in [-0.05, 0) is 38.0 Å². The molecule has 0 saturated carbocycles. The van der Waals surface area contributed by atoms with Crippen LogP contribution in [0.4, 0.5) is 0 Å². The average Bonchev–Trinajstić information content (AvgIpc) is 3.41. The molecule has 4 heterocycles. The third-order valence-electron chi connectivity index (χ3n) is 6.45. The van der Waals surface area contributed by atoms with E-state index in [2.05, 4.69) is 46.6 Å². The van der Waals surface area contributed by atoms with Crippen LogP contribution < -0.4 is 0 Å². The quantitative estimate of drug-likeness (QED) is 0.718. The number of hydrogen-bond donors (Lipinski definition) is 0. The van der Waals surface area contributed by atoms with E-state index in [1.165, 1.54) is 5.56 Å². The number of rotatable bonds is 7. The monoisotopic (exact) mass is 397 g/mol.